The second-order valence-electron chi connectivity index (χ2n) is 7.22. The highest BCUT2D eigenvalue weighted by Crippen LogP contribution is 2.24. The van der Waals surface area contributed by atoms with E-state index < -0.39 is 0 Å². The van der Waals surface area contributed by atoms with Crippen LogP contribution < -0.4 is 10.6 Å². The van der Waals surface area contributed by atoms with E-state index in [-0.39, 0.29) is 0 Å². The van der Waals surface area contributed by atoms with Gasteiger partial charge in [0.15, 0.2) is 0 Å². The van der Waals surface area contributed by atoms with Gasteiger partial charge >= 0.3 is 0 Å². The van der Waals surface area contributed by atoms with Crippen LogP contribution in [0.1, 0.15) is 38.5 Å². The maximum absolute atomic E-state index is 3.89. The molecule has 4 heterocycles. The van der Waals surface area contributed by atoms with Crippen LogP contribution in [0.3, 0.4) is 0 Å². The first kappa shape index (κ1) is 13.5. The van der Waals surface area contributed by atoms with E-state index in [1.807, 2.05) is 0 Å². The Hall–Kier alpha value is -0.200. The summed E-state index contributed by atoms with van der Waals surface area (Å²) in [5, 5.41) is 15.4. The highest BCUT2D eigenvalue weighted by Gasteiger charge is 2.36. The van der Waals surface area contributed by atoms with Crippen LogP contribution in [0.5, 0.6) is 0 Å². The van der Waals surface area contributed by atoms with Crippen LogP contribution in [-0.4, -0.2) is 72.5 Å². The van der Waals surface area contributed by atoms with Crippen molar-refractivity contribution >= 4 is 0 Å². The lowest BCUT2D eigenvalue weighted by atomic mass is 9.94. The second kappa shape index (κ2) is 5.54. The molecule has 4 atom stereocenters. The van der Waals surface area contributed by atoms with Gasteiger partial charge in [-0.3, -0.25) is 0 Å². The van der Waals surface area contributed by atoms with Gasteiger partial charge in [-0.05, 0) is 25.7 Å². The molecule has 20 heavy (non-hydrogen) atoms. The molecule has 5 heteroatoms. The van der Waals surface area contributed by atoms with Gasteiger partial charge in [-0.25, -0.2) is 10.0 Å². The van der Waals surface area contributed by atoms with E-state index in [9.17, 15) is 0 Å². The van der Waals surface area contributed by atoms with Crippen molar-refractivity contribution in [2.75, 3.05) is 33.2 Å². The smallest absolute Gasteiger partial charge is 0.0301 e. The summed E-state index contributed by atoms with van der Waals surface area (Å²) in [6, 6.07) is 2.77. The topological polar surface area (TPSA) is 33.8 Å². The van der Waals surface area contributed by atoms with Gasteiger partial charge < -0.3 is 10.6 Å². The largest absolute Gasteiger partial charge is 0.309 e. The number of hydrazine groups is 2. The van der Waals surface area contributed by atoms with E-state index in [1.54, 1.807) is 0 Å². The van der Waals surface area contributed by atoms with E-state index >= 15 is 0 Å². The Labute approximate surface area is 122 Å². The minimum absolute atomic E-state index is 0.692. The quantitative estimate of drug-likeness (QED) is 0.671. The Morgan fingerprint density at radius 2 is 1.00 bits per heavy atom. The fraction of sp³-hybridized carbons (Fsp3) is 1.00. The van der Waals surface area contributed by atoms with Crippen molar-refractivity contribution in [1.29, 1.82) is 0 Å². The van der Waals surface area contributed by atoms with Gasteiger partial charge in [-0.15, -0.1) is 0 Å². The summed E-state index contributed by atoms with van der Waals surface area (Å²) in [6.07, 6.45) is 8.20. The summed E-state index contributed by atoms with van der Waals surface area (Å²) >= 11 is 0. The molecule has 0 aromatic carbocycles. The molecule has 4 aliphatic heterocycles. The SMILES string of the molecule is CN1N2CC3CCCC(CN1CC1CCCC(C2)N1)N3. The van der Waals surface area contributed by atoms with Gasteiger partial charge in [0.25, 0.3) is 0 Å². The summed E-state index contributed by atoms with van der Waals surface area (Å²) in [4.78, 5) is 0. The molecule has 4 unspecified atom stereocenters. The van der Waals surface area contributed by atoms with Crippen LogP contribution >= 0.6 is 0 Å². The van der Waals surface area contributed by atoms with Gasteiger partial charge in [-0.2, -0.15) is 5.12 Å². The number of rotatable bonds is 0. The third-order valence-electron chi connectivity index (χ3n) is 5.70. The highest BCUT2D eigenvalue weighted by molar-refractivity contribution is 4.91. The molecule has 0 saturated carbocycles. The maximum atomic E-state index is 3.89. The number of nitrogens with one attached hydrogen (secondary N) is 2. The van der Waals surface area contributed by atoms with Crippen LogP contribution in [0, 0.1) is 0 Å². The number of hydrogen-bond acceptors (Lipinski definition) is 5. The molecule has 0 spiro atoms. The molecule has 4 saturated heterocycles. The first-order chi connectivity index (χ1) is 9.78. The molecule has 0 radical (unpaired) electrons. The molecule has 0 aromatic rings. The monoisotopic (exact) mass is 279 g/mol. The van der Waals surface area contributed by atoms with Crippen LogP contribution in [-0.2, 0) is 0 Å². The number of nitrogens with zero attached hydrogens (tertiary/aromatic N) is 3. The van der Waals surface area contributed by atoms with Gasteiger partial charge in [-0.1, -0.05) is 12.8 Å². The van der Waals surface area contributed by atoms with E-state index in [0.29, 0.717) is 24.2 Å². The number of hydrogen-bond donors (Lipinski definition) is 2. The van der Waals surface area contributed by atoms with Crippen molar-refractivity contribution in [3.63, 3.8) is 0 Å². The summed E-state index contributed by atoms with van der Waals surface area (Å²) in [6.45, 7) is 4.69. The van der Waals surface area contributed by atoms with E-state index in [2.05, 4.69) is 32.8 Å². The Bertz CT molecular complexity index is 293. The average molecular weight is 279 g/mol. The van der Waals surface area contributed by atoms with Crippen LogP contribution in [0.2, 0.25) is 0 Å². The van der Waals surface area contributed by atoms with Crippen LogP contribution in [0.15, 0.2) is 0 Å². The fourth-order valence-electron chi connectivity index (χ4n) is 4.62. The Kier molecular flexibility index (Phi) is 3.73. The van der Waals surface area contributed by atoms with Crippen molar-refractivity contribution in [2.24, 2.45) is 0 Å². The summed E-state index contributed by atoms with van der Waals surface area (Å²) in [5.74, 6) is 0. The van der Waals surface area contributed by atoms with Crippen molar-refractivity contribution < 1.29 is 0 Å². The first-order valence-electron chi connectivity index (χ1n) is 8.53. The zero-order chi connectivity index (χ0) is 13.5. The van der Waals surface area contributed by atoms with Gasteiger partial charge in [0.2, 0.25) is 0 Å². The van der Waals surface area contributed by atoms with E-state index in [1.165, 1.54) is 64.7 Å². The average Bonchev–Trinajstić information content (AvgIpc) is 2.44. The molecule has 5 nitrogen and oxygen atoms in total. The molecule has 0 aliphatic carbocycles. The molecule has 4 aliphatic rings. The Balaban J connectivity index is 1.58. The normalized spacial score (nSPS) is 49.6. The van der Waals surface area contributed by atoms with Gasteiger partial charge in [0, 0.05) is 57.4 Å². The van der Waals surface area contributed by atoms with Crippen LogP contribution in [0.25, 0.3) is 0 Å². The summed E-state index contributed by atoms with van der Waals surface area (Å²) in [5.41, 5.74) is 0. The molecule has 6 bridgehead atoms. The molecule has 0 amide bonds. The maximum Gasteiger partial charge on any atom is 0.0301 e. The Morgan fingerprint density at radius 3 is 1.35 bits per heavy atom. The molecule has 4 fully saturated rings. The van der Waals surface area contributed by atoms with Crippen molar-refractivity contribution in [3.05, 3.63) is 0 Å². The third-order valence-corrected chi connectivity index (χ3v) is 5.70. The molecule has 2 N–H and O–H groups in total. The van der Waals surface area contributed by atoms with E-state index in [0.717, 1.165) is 0 Å². The zero-order valence-corrected chi connectivity index (χ0v) is 12.7. The first-order valence-corrected chi connectivity index (χ1v) is 8.53. The molecular weight excluding hydrogens is 250 g/mol. The van der Waals surface area contributed by atoms with Crippen molar-refractivity contribution in [3.8, 4) is 0 Å². The lowest BCUT2D eigenvalue weighted by Gasteiger charge is -2.52. The van der Waals surface area contributed by atoms with Crippen LogP contribution in [0.4, 0.5) is 0 Å². The lowest BCUT2D eigenvalue weighted by molar-refractivity contribution is -0.198. The van der Waals surface area contributed by atoms with Gasteiger partial charge in [0.05, 0.1) is 0 Å². The predicted molar refractivity (Wildman–Crippen MR) is 80.0 cm³/mol. The summed E-state index contributed by atoms with van der Waals surface area (Å²) < 4.78 is 0. The lowest BCUT2D eigenvalue weighted by Crippen LogP contribution is -2.68. The minimum atomic E-state index is 0.692. The second-order valence-corrected chi connectivity index (χ2v) is 7.22. The zero-order valence-electron chi connectivity index (χ0n) is 12.7. The summed E-state index contributed by atoms with van der Waals surface area (Å²) in [7, 11) is 2.28. The standard InChI is InChI=1S/C15H29N5/c1-18-19-8-12-4-2-5-13(16-12)9-20(18)11-15-7-3-6-14(10-19)17-15/h12-17H,2-11H2,1H3. The third kappa shape index (κ3) is 2.62. The van der Waals surface area contributed by atoms with E-state index in [4.69, 9.17) is 0 Å². The predicted octanol–water partition coefficient (Wildman–Crippen LogP) is 0.401. The molecular formula is C15H29N5. The Morgan fingerprint density at radius 1 is 0.650 bits per heavy atom. The van der Waals surface area contributed by atoms with Gasteiger partial charge in [0.1, 0.15) is 0 Å². The minimum Gasteiger partial charge on any atom is -0.309 e. The molecule has 0 aromatic heterocycles. The highest BCUT2D eigenvalue weighted by atomic mass is 15.9. The van der Waals surface area contributed by atoms with Crippen molar-refractivity contribution in [1.82, 2.24) is 25.8 Å². The molecule has 114 valence electrons. The van der Waals surface area contributed by atoms with Crippen molar-refractivity contribution in [2.45, 2.75) is 62.7 Å². The number of piperidine rings is 2. The number of fused-ring (bicyclic) bond motifs is 6. The molecule has 4 rings (SSSR count). The fourth-order valence-corrected chi connectivity index (χ4v) is 4.62.